The highest BCUT2D eigenvalue weighted by atomic mass is 32.2. The molecule has 0 amide bonds. The molecular formula is C12H10N2O2S. The number of hydrogen-bond donors (Lipinski definition) is 1. The molecule has 0 aliphatic rings. The molecule has 17 heavy (non-hydrogen) atoms. The van der Waals surface area contributed by atoms with Gasteiger partial charge in [0.15, 0.2) is 0 Å². The van der Waals surface area contributed by atoms with E-state index in [0.29, 0.717) is 5.69 Å². The van der Waals surface area contributed by atoms with Crippen LogP contribution in [-0.2, 0) is 0 Å². The molecule has 2 rings (SSSR count). The van der Waals surface area contributed by atoms with Crippen molar-refractivity contribution in [1.29, 1.82) is 0 Å². The Morgan fingerprint density at radius 2 is 1.94 bits per heavy atom. The molecule has 0 saturated heterocycles. The monoisotopic (exact) mass is 246 g/mol. The van der Waals surface area contributed by atoms with Crippen LogP contribution >= 0.6 is 11.8 Å². The first-order valence-electron chi connectivity index (χ1n) is 4.91. The summed E-state index contributed by atoms with van der Waals surface area (Å²) in [5, 5.41) is 8.81. The Balaban J connectivity index is 2.38. The lowest BCUT2D eigenvalue weighted by Gasteiger charge is -2.02. The normalized spacial score (nSPS) is 10.2. The van der Waals surface area contributed by atoms with Gasteiger partial charge in [0, 0.05) is 16.7 Å². The molecule has 1 aromatic heterocycles. The summed E-state index contributed by atoms with van der Waals surface area (Å²) in [7, 11) is 0. The van der Waals surface area contributed by atoms with Gasteiger partial charge in [-0.25, -0.2) is 14.8 Å². The molecule has 1 N–H and O–H groups in total. The molecule has 0 aliphatic heterocycles. The zero-order valence-corrected chi connectivity index (χ0v) is 9.94. The van der Waals surface area contributed by atoms with Gasteiger partial charge in [-0.05, 0) is 24.5 Å². The van der Waals surface area contributed by atoms with Crippen LogP contribution < -0.4 is 0 Å². The average molecular weight is 246 g/mol. The van der Waals surface area contributed by atoms with Crippen LogP contribution in [0.1, 0.15) is 10.6 Å². The number of carbonyl (C=O) groups is 1. The van der Waals surface area contributed by atoms with Crippen LogP contribution in [0, 0.1) is 0 Å². The van der Waals surface area contributed by atoms with Crippen LogP contribution in [0.4, 0.5) is 0 Å². The van der Waals surface area contributed by atoms with Crippen molar-refractivity contribution in [2.75, 3.05) is 6.26 Å². The maximum absolute atomic E-state index is 10.8. The van der Waals surface area contributed by atoms with Crippen molar-refractivity contribution in [3.05, 3.63) is 42.4 Å². The minimum atomic E-state index is -1.12. The topological polar surface area (TPSA) is 63.1 Å². The minimum absolute atomic E-state index is 0.184. The van der Waals surface area contributed by atoms with Gasteiger partial charge in [-0.1, -0.05) is 12.1 Å². The molecule has 1 heterocycles. The Bertz CT molecular complexity index is 540. The van der Waals surface area contributed by atoms with Crippen LogP contribution in [0.3, 0.4) is 0 Å². The molecule has 4 nitrogen and oxygen atoms in total. The smallest absolute Gasteiger partial charge is 0.373 e. The second kappa shape index (κ2) is 4.97. The summed E-state index contributed by atoms with van der Waals surface area (Å²) in [5.74, 6) is -1.30. The summed E-state index contributed by atoms with van der Waals surface area (Å²) >= 11 is 1.65. The van der Waals surface area contributed by atoms with Crippen LogP contribution in [0.25, 0.3) is 11.3 Å². The Morgan fingerprint density at radius 1 is 1.24 bits per heavy atom. The minimum Gasteiger partial charge on any atom is -0.475 e. The molecule has 1 aromatic carbocycles. The number of aromatic carboxylic acids is 1. The second-order valence-corrected chi connectivity index (χ2v) is 4.18. The second-order valence-electron chi connectivity index (χ2n) is 3.30. The largest absolute Gasteiger partial charge is 0.475 e. The zero-order chi connectivity index (χ0) is 12.3. The summed E-state index contributed by atoms with van der Waals surface area (Å²) in [6, 6.07) is 9.48. The number of nitrogens with zero attached hydrogens (tertiary/aromatic N) is 2. The lowest BCUT2D eigenvalue weighted by molar-refractivity contribution is 0.0683. The molecular weight excluding hydrogens is 236 g/mol. The van der Waals surface area contributed by atoms with Crippen LogP contribution in [0.5, 0.6) is 0 Å². The van der Waals surface area contributed by atoms with Gasteiger partial charge in [-0.2, -0.15) is 0 Å². The van der Waals surface area contributed by atoms with E-state index in [2.05, 4.69) is 9.97 Å². The zero-order valence-electron chi connectivity index (χ0n) is 9.12. The van der Waals surface area contributed by atoms with Gasteiger partial charge in [0.05, 0.1) is 5.69 Å². The van der Waals surface area contributed by atoms with E-state index in [1.54, 1.807) is 17.8 Å². The van der Waals surface area contributed by atoms with E-state index in [1.165, 1.54) is 6.20 Å². The highest BCUT2D eigenvalue weighted by Crippen LogP contribution is 2.21. The Labute approximate surface area is 103 Å². The van der Waals surface area contributed by atoms with Crippen molar-refractivity contribution in [3.8, 4) is 11.3 Å². The molecule has 0 spiro atoms. The fourth-order valence-corrected chi connectivity index (χ4v) is 1.79. The molecule has 0 aliphatic carbocycles. The number of aromatic nitrogens is 2. The third kappa shape index (κ3) is 2.62. The summed E-state index contributed by atoms with van der Waals surface area (Å²) in [4.78, 5) is 19.6. The summed E-state index contributed by atoms with van der Waals surface area (Å²) in [5.41, 5.74) is 1.50. The summed E-state index contributed by atoms with van der Waals surface area (Å²) in [6.07, 6.45) is 3.45. The van der Waals surface area contributed by atoms with Gasteiger partial charge >= 0.3 is 5.97 Å². The number of rotatable bonds is 3. The summed E-state index contributed by atoms with van der Waals surface area (Å²) in [6.45, 7) is 0. The lowest BCUT2D eigenvalue weighted by atomic mass is 10.1. The van der Waals surface area contributed by atoms with E-state index in [4.69, 9.17) is 5.11 Å². The third-order valence-corrected chi connectivity index (χ3v) is 2.98. The van der Waals surface area contributed by atoms with Crippen molar-refractivity contribution >= 4 is 17.7 Å². The number of benzene rings is 1. The number of carboxylic acid groups (broad SMARTS) is 1. The maximum atomic E-state index is 10.8. The average Bonchev–Trinajstić information content (AvgIpc) is 2.39. The van der Waals surface area contributed by atoms with Crippen molar-refractivity contribution < 1.29 is 9.90 Å². The molecule has 0 saturated carbocycles. The van der Waals surface area contributed by atoms with E-state index >= 15 is 0 Å². The van der Waals surface area contributed by atoms with Crippen LogP contribution in [0.15, 0.2) is 41.4 Å². The van der Waals surface area contributed by atoms with Gasteiger partial charge in [-0.15, -0.1) is 11.8 Å². The SMILES string of the molecule is CSc1ccc(-c2ccnc(C(=O)O)n2)cc1. The maximum Gasteiger partial charge on any atom is 0.373 e. The van der Waals surface area contributed by atoms with Crippen molar-refractivity contribution in [3.63, 3.8) is 0 Å². The van der Waals surface area contributed by atoms with Crippen LogP contribution in [-0.4, -0.2) is 27.3 Å². The predicted molar refractivity (Wildman–Crippen MR) is 66.2 cm³/mol. The Hall–Kier alpha value is -1.88. The fourth-order valence-electron chi connectivity index (χ4n) is 1.38. The lowest BCUT2D eigenvalue weighted by Crippen LogP contribution is -2.03. The van der Waals surface area contributed by atoms with Crippen LogP contribution in [0.2, 0.25) is 0 Å². The van der Waals surface area contributed by atoms with Crippen molar-refractivity contribution in [2.24, 2.45) is 0 Å². The van der Waals surface area contributed by atoms with E-state index in [1.807, 2.05) is 30.5 Å². The standard InChI is InChI=1S/C12H10N2O2S/c1-17-9-4-2-8(3-5-9)10-6-7-13-11(14-10)12(15)16/h2-7H,1H3,(H,15,16). The Morgan fingerprint density at radius 3 is 2.53 bits per heavy atom. The predicted octanol–water partition coefficient (Wildman–Crippen LogP) is 2.56. The first-order chi connectivity index (χ1) is 8.20. The molecule has 2 aromatic rings. The first-order valence-corrected chi connectivity index (χ1v) is 6.14. The van der Waals surface area contributed by atoms with E-state index in [0.717, 1.165) is 10.5 Å². The van der Waals surface area contributed by atoms with Gasteiger partial charge in [-0.3, -0.25) is 0 Å². The number of carboxylic acids is 1. The molecule has 0 bridgehead atoms. The molecule has 86 valence electrons. The quantitative estimate of drug-likeness (QED) is 0.843. The fraction of sp³-hybridized carbons (Fsp3) is 0.0833. The number of hydrogen-bond acceptors (Lipinski definition) is 4. The molecule has 0 unspecified atom stereocenters. The van der Waals surface area contributed by atoms with E-state index in [-0.39, 0.29) is 5.82 Å². The molecule has 5 heteroatoms. The summed E-state index contributed by atoms with van der Waals surface area (Å²) < 4.78 is 0. The van der Waals surface area contributed by atoms with E-state index < -0.39 is 5.97 Å². The highest BCUT2D eigenvalue weighted by molar-refractivity contribution is 7.98. The molecule has 0 radical (unpaired) electrons. The Kier molecular flexibility index (Phi) is 3.39. The third-order valence-electron chi connectivity index (χ3n) is 2.23. The molecule has 0 fully saturated rings. The molecule has 0 atom stereocenters. The van der Waals surface area contributed by atoms with Gasteiger partial charge < -0.3 is 5.11 Å². The van der Waals surface area contributed by atoms with Crippen molar-refractivity contribution in [2.45, 2.75) is 4.90 Å². The number of thioether (sulfide) groups is 1. The van der Waals surface area contributed by atoms with Gasteiger partial charge in [0.1, 0.15) is 0 Å². The van der Waals surface area contributed by atoms with Gasteiger partial charge in [0.2, 0.25) is 5.82 Å². The van der Waals surface area contributed by atoms with E-state index in [9.17, 15) is 4.79 Å². The first kappa shape index (κ1) is 11.6. The van der Waals surface area contributed by atoms with Crippen molar-refractivity contribution in [1.82, 2.24) is 9.97 Å². The highest BCUT2D eigenvalue weighted by Gasteiger charge is 2.08. The van der Waals surface area contributed by atoms with Gasteiger partial charge in [0.25, 0.3) is 0 Å².